The first kappa shape index (κ1) is 33.1. The van der Waals surface area contributed by atoms with Gasteiger partial charge in [0.15, 0.2) is 23.0 Å². The number of carbonyl (C=O) groups excluding carboxylic acids is 2. The Morgan fingerprint density at radius 3 is 1.93 bits per heavy atom. The van der Waals surface area contributed by atoms with Gasteiger partial charge in [-0.15, -0.1) is 0 Å². The lowest BCUT2D eigenvalue weighted by atomic mass is 9.92. The molecular formula is C29H38O14Si. The van der Waals surface area contributed by atoms with Crippen LogP contribution < -0.4 is 28.4 Å². The van der Waals surface area contributed by atoms with Gasteiger partial charge in [0, 0.05) is 30.9 Å². The molecular weight excluding hydrogens is 600 g/mol. The van der Waals surface area contributed by atoms with Crippen LogP contribution in [-0.4, -0.2) is 95.7 Å². The van der Waals surface area contributed by atoms with Crippen LogP contribution >= 0.6 is 0 Å². The van der Waals surface area contributed by atoms with E-state index in [1.165, 1.54) is 27.4 Å². The Morgan fingerprint density at radius 2 is 1.36 bits per heavy atom. The van der Waals surface area contributed by atoms with E-state index >= 15 is 0 Å². The first-order valence-corrected chi connectivity index (χ1v) is 15.8. The molecule has 2 aromatic carbocycles. The Kier molecular flexibility index (Phi) is 11.2. The molecule has 0 saturated heterocycles. The molecule has 2 aliphatic rings. The summed E-state index contributed by atoms with van der Waals surface area (Å²) in [7, 11) is 4.92. The normalized spacial score (nSPS) is 13.3. The topological polar surface area (TPSA) is 145 Å². The predicted molar refractivity (Wildman–Crippen MR) is 155 cm³/mol. The van der Waals surface area contributed by atoms with Crippen LogP contribution in [0.4, 0.5) is 0 Å². The molecule has 2 heterocycles. The molecule has 0 atom stereocenters. The number of fused-ring (bicyclic) bond motifs is 2. The standard InChI is InChI=1S/C29H38O14Si/c1-17(2)44(35-6,36-7)16-38-9-8-37-13-22(30)39-12-18-10-20(32-3)25-27(42-14-40-25)23(18)24-19(29(31)34-5)11-21(33-4)26-28(24)43-15-41-26/h10-11,17H,8-9,12-16H2,1-7H3. The van der Waals surface area contributed by atoms with Crippen molar-refractivity contribution < 1.29 is 65.8 Å². The summed E-state index contributed by atoms with van der Waals surface area (Å²) in [4.78, 5) is 25.7. The molecule has 2 aromatic rings. The van der Waals surface area contributed by atoms with Gasteiger partial charge in [-0.1, -0.05) is 13.8 Å². The van der Waals surface area contributed by atoms with E-state index in [9.17, 15) is 9.59 Å². The van der Waals surface area contributed by atoms with Gasteiger partial charge < -0.3 is 56.2 Å². The third kappa shape index (κ3) is 6.66. The molecule has 0 fully saturated rings. The van der Waals surface area contributed by atoms with Gasteiger partial charge in [0.2, 0.25) is 25.1 Å². The van der Waals surface area contributed by atoms with Crippen molar-refractivity contribution in [1.29, 1.82) is 0 Å². The third-order valence-electron chi connectivity index (χ3n) is 7.25. The van der Waals surface area contributed by atoms with E-state index in [4.69, 9.17) is 56.2 Å². The summed E-state index contributed by atoms with van der Waals surface area (Å²) in [5.74, 6) is 0.437. The highest BCUT2D eigenvalue weighted by molar-refractivity contribution is 6.68. The van der Waals surface area contributed by atoms with Gasteiger partial charge in [-0.05, 0) is 17.7 Å². The fourth-order valence-electron chi connectivity index (χ4n) is 4.86. The van der Waals surface area contributed by atoms with Crippen molar-refractivity contribution in [2.24, 2.45) is 0 Å². The lowest BCUT2D eigenvalue weighted by Gasteiger charge is -2.30. The van der Waals surface area contributed by atoms with Crippen molar-refractivity contribution in [3.05, 3.63) is 23.3 Å². The Labute approximate surface area is 256 Å². The highest BCUT2D eigenvalue weighted by atomic mass is 28.4. The zero-order valence-corrected chi connectivity index (χ0v) is 26.9. The minimum atomic E-state index is -2.48. The first-order valence-electron chi connectivity index (χ1n) is 13.7. The molecule has 0 radical (unpaired) electrons. The van der Waals surface area contributed by atoms with Crippen LogP contribution in [0.2, 0.25) is 5.54 Å². The molecule has 0 unspecified atom stereocenters. The largest absolute Gasteiger partial charge is 0.493 e. The molecule has 15 heteroatoms. The monoisotopic (exact) mass is 638 g/mol. The zero-order chi connectivity index (χ0) is 31.9. The van der Waals surface area contributed by atoms with Crippen LogP contribution in [0.15, 0.2) is 12.1 Å². The van der Waals surface area contributed by atoms with Crippen molar-refractivity contribution in [2.45, 2.75) is 26.0 Å². The van der Waals surface area contributed by atoms with Crippen LogP contribution in [0.3, 0.4) is 0 Å². The summed E-state index contributed by atoms with van der Waals surface area (Å²) < 4.78 is 66.9. The van der Waals surface area contributed by atoms with Crippen molar-refractivity contribution >= 4 is 20.5 Å². The van der Waals surface area contributed by atoms with Crippen LogP contribution in [-0.2, 0) is 39.2 Å². The second-order valence-electron chi connectivity index (χ2n) is 9.88. The average Bonchev–Trinajstić information content (AvgIpc) is 3.73. The predicted octanol–water partition coefficient (Wildman–Crippen LogP) is 3.38. The SMILES string of the molecule is COC(=O)c1cc(OC)c2c(c1-c1c(COC(=O)COCCOC[Si](OC)(OC)C(C)C)cc(OC)c3c1OCO3)OCO2. The molecule has 0 aliphatic carbocycles. The molecule has 4 rings (SSSR count). The van der Waals surface area contributed by atoms with Crippen LogP contribution in [0.5, 0.6) is 34.5 Å². The minimum Gasteiger partial charge on any atom is -0.493 e. The van der Waals surface area contributed by atoms with E-state index in [-0.39, 0.29) is 68.4 Å². The van der Waals surface area contributed by atoms with Gasteiger partial charge in [0.25, 0.3) is 0 Å². The van der Waals surface area contributed by atoms with Crippen LogP contribution in [0.25, 0.3) is 11.1 Å². The molecule has 0 aromatic heterocycles. The van der Waals surface area contributed by atoms with Crippen molar-refractivity contribution in [3.8, 4) is 45.6 Å². The molecule has 0 amide bonds. The summed E-state index contributed by atoms with van der Waals surface area (Å²) in [6, 6.07) is 3.12. The number of esters is 2. The smallest absolute Gasteiger partial charge is 0.366 e. The Bertz CT molecular complexity index is 1340. The zero-order valence-electron chi connectivity index (χ0n) is 25.9. The second kappa shape index (κ2) is 14.8. The van der Waals surface area contributed by atoms with Crippen molar-refractivity contribution in [1.82, 2.24) is 0 Å². The Balaban J connectivity index is 1.54. The quantitative estimate of drug-likeness (QED) is 0.150. The Morgan fingerprint density at radius 1 is 0.795 bits per heavy atom. The first-order chi connectivity index (χ1) is 21.2. The summed E-state index contributed by atoms with van der Waals surface area (Å²) in [6.07, 6.45) is 0.331. The highest BCUT2D eigenvalue weighted by Crippen LogP contribution is 2.56. The van der Waals surface area contributed by atoms with Crippen LogP contribution in [0.1, 0.15) is 29.8 Å². The lowest BCUT2D eigenvalue weighted by Crippen LogP contribution is -2.48. The fourth-order valence-corrected chi connectivity index (χ4v) is 6.97. The van der Waals surface area contributed by atoms with Gasteiger partial charge in [0.1, 0.15) is 13.2 Å². The number of hydrogen-bond acceptors (Lipinski definition) is 14. The molecule has 2 aliphatic heterocycles. The average molecular weight is 639 g/mol. The number of benzene rings is 2. The van der Waals surface area contributed by atoms with Gasteiger partial charge in [-0.3, -0.25) is 0 Å². The fraction of sp³-hybridized carbons (Fsp3) is 0.517. The summed E-state index contributed by atoms with van der Waals surface area (Å²) in [5, 5.41) is 0. The van der Waals surface area contributed by atoms with E-state index < -0.39 is 20.5 Å². The van der Waals surface area contributed by atoms with E-state index in [1.54, 1.807) is 20.3 Å². The van der Waals surface area contributed by atoms with Gasteiger partial charge in [-0.25, -0.2) is 9.59 Å². The highest BCUT2D eigenvalue weighted by Gasteiger charge is 2.40. The molecule has 14 nitrogen and oxygen atoms in total. The van der Waals surface area contributed by atoms with Gasteiger partial charge in [-0.2, -0.15) is 0 Å². The number of methoxy groups -OCH3 is 3. The van der Waals surface area contributed by atoms with E-state index in [2.05, 4.69) is 0 Å². The summed E-state index contributed by atoms with van der Waals surface area (Å²) in [5.41, 5.74) is 1.40. The van der Waals surface area contributed by atoms with E-state index in [0.29, 0.717) is 40.2 Å². The Hall–Kier alpha value is -3.76. The third-order valence-corrected chi connectivity index (χ3v) is 11.0. The molecule has 0 spiro atoms. The van der Waals surface area contributed by atoms with Crippen molar-refractivity contribution in [3.63, 3.8) is 0 Å². The molecule has 242 valence electrons. The second-order valence-corrected chi connectivity index (χ2v) is 13.8. The van der Waals surface area contributed by atoms with Crippen molar-refractivity contribution in [2.75, 3.05) is 75.2 Å². The van der Waals surface area contributed by atoms with Gasteiger partial charge >= 0.3 is 20.5 Å². The minimum absolute atomic E-state index is 0.101. The maximum atomic E-state index is 13.0. The number of hydrogen-bond donors (Lipinski definition) is 0. The maximum Gasteiger partial charge on any atom is 0.366 e. The van der Waals surface area contributed by atoms with E-state index in [1.807, 2.05) is 13.8 Å². The molecule has 0 saturated carbocycles. The van der Waals surface area contributed by atoms with E-state index in [0.717, 1.165) is 0 Å². The molecule has 44 heavy (non-hydrogen) atoms. The number of ether oxygens (including phenoxy) is 10. The maximum absolute atomic E-state index is 13.0. The lowest BCUT2D eigenvalue weighted by molar-refractivity contribution is -0.150. The number of carbonyl (C=O) groups is 2. The van der Waals surface area contributed by atoms with Gasteiger partial charge in [0.05, 0.1) is 46.3 Å². The molecule has 0 bridgehead atoms. The summed E-state index contributed by atoms with van der Waals surface area (Å²) >= 11 is 0. The summed E-state index contributed by atoms with van der Waals surface area (Å²) in [6.45, 7) is 3.69. The number of rotatable bonds is 16. The molecule has 0 N–H and O–H groups in total. The van der Waals surface area contributed by atoms with Crippen LogP contribution in [0, 0.1) is 0 Å².